The van der Waals surface area contributed by atoms with E-state index in [2.05, 4.69) is 18.8 Å². The van der Waals surface area contributed by atoms with E-state index in [0.717, 1.165) is 19.5 Å². The number of nitrogen functional groups attached to an aromatic ring is 1. The van der Waals surface area contributed by atoms with E-state index in [-0.39, 0.29) is 5.91 Å². The summed E-state index contributed by atoms with van der Waals surface area (Å²) in [5, 5.41) is 2.20. The van der Waals surface area contributed by atoms with Crippen LogP contribution in [0, 0.1) is 11.8 Å². The minimum absolute atomic E-state index is 0.0201. The Hall–Kier alpha value is -1.10. The highest BCUT2D eigenvalue weighted by Gasteiger charge is 2.27. The van der Waals surface area contributed by atoms with Crippen molar-refractivity contribution in [3.63, 3.8) is 0 Å². The summed E-state index contributed by atoms with van der Waals surface area (Å²) in [4.78, 5) is 18.0. The molecule has 0 aromatic carbocycles. The zero-order valence-corrected chi connectivity index (χ0v) is 10.5. The molecule has 0 aliphatic carbocycles. The topological polar surface area (TPSA) is 59.2 Å². The van der Waals surface area contributed by atoms with E-state index >= 15 is 0 Å². The van der Waals surface area contributed by atoms with Gasteiger partial charge in [-0.15, -0.1) is 11.3 Å². The van der Waals surface area contributed by atoms with E-state index in [9.17, 15) is 4.79 Å². The number of carbonyl (C=O) groups excluding carboxylic acids is 1. The third kappa shape index (κ3) is 2.19. The van der Waals surface area contributed by atoms with Crippen LogP contribution in [0.2, 0.25) is 0 Å². The SMILES string of the molecule is CC1CCN(C(=O)c2csc(N)n2)CC1C. The fraction of sp³-hybridized carbons (Fsp3) is 0.636. The molecule has 1 aliphatic heterocycles. The minimum atomic E-state index is 0.0201. The predicted octanol–water partition coefficient (Wildman–Crippen LogP) is 1.84. The van der Waals surface area contributed by atoms with Gasteiger partial charge in [0.05, 0.1) is 0 Å². The van der Waals surface area contributed by atoms with Crippen molar-refractivity contribution in [3.8, 4) is 0 Å². The molecule has 2 unspecified atom stereocenters. The molecule has 1 aromatic rings. The average molecular weight is 239 g/mol. The van der Waals surface area contributed by atoms with Gasteiger partial charge in [-0.3, -0.25) is 4.79 Å². The van der Waals surface area contributed by atoms with Crippen molar-refractivity contribution in [3.05, 3.63) is 11.1 Å². The number of hydrogen-bond acceptors (Lipinski definition) is 4. The van der Waals surface area contributed by atoms with Crippen molar-refractivity contribution < 1.29 is 4.79 Å². The number of nitrogens with two attached hydrogens (primary N) is 1. The monoisotopic (exact) mass is 239 g/mol. The maximum absolute atomic E-state index is 12.1. The first-order valence-corrected chi connectivity index (χ1v) is 6.46. The Morgan fingerprint density at radius 3 is 2.88 bits per heavy atom. The van der Waals surface area contributed by atoms with Crippen molar-refractivity contribution in [2.75, 3.05) is 18.8 Å². The number of rotatable bonds is 1. The van der Waals surface area contributed by atoms with Gasteiger partial charge in [-0.1, -0.05) is 13.8 Å². The molecule has 2 atom stereocenters. The Morgan fingerprint density at radius 2 is 2.31 bits per heavy atom. The number of aromatic nitrogens is 1. The van der Waals surface area contributed by atoms with Crippen LogP contribution in [0.1, 0.15) is 30.8 Å². The van der Waals surface area contributed by atoms with Crippen LogP contribution in [0.4, 0.5) is 5.13 Å². The van der Waals surface area contributed by atoms with Crippen LogP contribution in [-0.2, 0) is 0 Å². The van der Waals surface area contributed by atoms with Gasteiger partial charge in [-0.25, -0.2) is 4.98 Å². The number of hydrogen-bond donors (Lipinski definition) is 1. The first kappa shape index (κ1) is 11.4. The fourth-order valence-corrected chi connectivity index (χ4v) is 2.53. The molecular weight excluding hydrogens is 222 g/mol. The van der Waals surface area contributed by atoms with Crippen LogP contribution in [0.3, 0.4) is 0 Å². The largest absolute Gasteiger partial charge is 0.375 e. The van der Waals surface area contributed by atoms with Crippen LogP contribution < -0.4 is 5.73 Å². The zero-order valence-electron chi connectivity index (χ0n) is 9.64. The smallest absolute Gasteiger partial charge is 0.273 e. The van der Waals surface area contributed by atoms with Crippen molar-refractivity contribution in [1.29, 1.82) is 0 Å². The van der Waals surface area contributed by atoms with Gasteiger partial charge in [0, 0.05) is 18.5 Å². The number of piperidine rings is 1. The van der Waals surface area contributed by atoms with Gasteiger partial charge in [-0.2, -0.15) is 0 Å². The molecule has 2 rings (SSSR count). The highest BCUT2D eigenvalue weighted by Crippen LogP contribution is 2.24. The average Bonchev–Trinajstić information content (AvgIpc) is 2.68. The summed E-state index contributed by atoms with van der Waals surface area (Å²) in [6.45, 7) is 6.10. The van der Waals surface area contributed by atoms with E-state index in [4.69, 9.17) is 5.73 Å². The highest BCUT2D eigenvalue weighted by atomic mass is 32.1. The van der Waals surface area contributed by atoms with Crippen LogP contribution >= 0.6 is 11.3 Å². The number of amides is 1. The lowest BCUT2D eigenvalue weighted by molar-refractivity contribution is 0.0622. The van der Waals surface area contributed by atoms with Gasteiger partial charge in [0.25, 0.3) is 5.91 Å². The number of likely N-dealkylation sites (tertiary alicyclic amines) is 1. The Balaban J connectivity index is 2.06. The molecule has 1 fully saturated rings. The van der Waals surface area contributed by atoms with Crippen molar-refractivity contribution in [2.24, 2.45) is 11.8 Å². The molecule has 16 heavy (non-hydrogen) atoms. The number of carbonyl (C=O) groups is 1. The summed E-state index contributed by atoms with van der Waals surface area (Å²) < 4.78 is 0. The Bertz CT molecular complexity index is 390. The van der Waals surface area contributed by atoms with E-state index in [1.807, 2.05) is 4.90 Å². The summed E-state index contributed by atoms with van der Waals surface area (Å²) in [5.74, 6) is 1.28. The second kappa shape index (κ2) is 4.41. The molecule has 0 radical (unpaired) electrons. The lowest BCUT2D eigenvalue weighted by Gasteiger charge is -2.34. The Morgan fingerprint density at radius 1 is 1.56 bits per heavy atom. The third-order valence-corrected chi connectivity index (χ3v) is 4.04. The van der Waals surface area contributed by atoms with Crippen molar-refractivity contribution in [2.45, 2.75) is 20.3 Å². The number of anilines is 1. The summed E-state index contributed by atoms with van der Waals surface area (Å²) in [5.41, 5.74) is 6.02. The van der Waals surface area contributed by atoms with Gasteiger partial charge in [0.1, 0.15) is 5.69 Å². The molecule has 88 valence electrons. The maximum Gasteiger partial charge on any atom is 0.273 e. The summed E-state index contributed by atoms with van der Waals surface area (Å²) >= 11 is 1.32. The van der Waals surface area contributed by atoms with Gasteiger partial charge in [0.15, 0.2) is 5.13 Å². The van der Waals surface area contributed by atoms with Gasteiger partial charge < -0.3 is 10.6 Å². The van der Waals surface area contributed by atoms with Gasteiger partial charge in [-0.05, 0) is 18.3 Å². The molecule has 5 heteroatoms. The molecule has 0 spiro atoms. The molecule has 2 heterocycles. The second-order valence-electron chi connectivity index (χ2n) is 4.57. The standard InChI is InChI=1S/C11H17N3OS/c1-7-3-4-14(5-8(7)2)10(15)9-6-16-11(12)13-9/h6-8H,3-5H2,1-2H3,(H2,12,13). The molecule has 4 nitrogen and oxygen atoms in total. The van der Waals surface area contributed by atoms with Crippen LogP contribution in [0.15, 0.2) is 5.38 Å². The first-order chi connectivity index (χ1) is 7.58. The quantitative estimate of drug-likeness (QED) is 0.813. The van der Waals surface area contributed by atoms with Gasteiger partial charge in [0.2, 0.25) is 0 Å². The third-order valence-electron chi connectivity index (χ3n) is 3.36. The van der Waals surface area contributed by atoms with Gasteiger partial charge >= 0.3 is 0 Å². The molecule has 1 aliphatic rings. The molecule has 0 bridgehead atoms. The minimum Gasteiger partial charge on any atom is -0.375 e. The summed E-state index contributed by atoms with van der Waals surface area (Å²) in [6.07, 6.45) is 1.08. The number of thiazole rings is 1. The molecule has 1 saturated heterocycles. The normalized spacial score (nSPS) is 25.8. The molecule has 1 amide bonds. The second-order valence-corrected chi connectivity index (χ2v) is 5.46. The van der Waals surface area contributed by atoms with E-state index in [0.29, 0.717) is 22.7 Å². The van der Waals surface area contributed by atoms with Crippen LogP contribution in [0.5, 0.6) is 0 Å². The molecular formula is C11H17N3OS. The lowest BCUT2D eigenvalue weighted by Crippen LogP contribution is -2.42. The van der Waals surface area contributed by atoms with Crippen molar-refractivity contribution in [1.82, 2.24) is 9.88 Å². The van der Waals surface area contributed by atoms with Crippen molar-refractivity contribution >= 4 is 22.4 Å². The number of nitrogens with zero attached hydrogens (tertiary/aromatic N) is 2. The predicted molar refractivity (Wildman–Crippen MR) is 65.4 cm³/mol. The molecule has 1 aromatic heterocycles. The first-order valence-electron chi connectivity index (χ1n) is 5.58. The van der Waals surface area contributed by atoms with E-state index < -0.39 is 0 Å². The van der Waals surface area contributed by atoms with Crippen LogP contribution in [0.25, 0.3) is 0 Å². The lowest BCUT2D eigenvalue weighted by atomic mass is 9.88. The zero-order chi connectivity index (χ0) is 11.7. The maximum atomic E-state index is 12.1. The molecule has 2 N–H and O–H groups in total. The summed E-state index contributed by atoms with van der Waals surface area (Å²) in [6, 6.07) is 0. The van der Waals surface area contributed by atoms with E-state index in [1.54, 1.807) is 5.38 Å². The molecule has 0 saturated carbocycles. The Labute approximate surface area is 99.5 Å². The fourth-order valence-electron chi connectivity index (χ4n) is 2.00. The van der Waals surface area contributed by atoms with Crippen LogP contribution in [-0.4, -0.2) is 28.9 Å². The van der Waals surface area contributed by atoms with E-state index in [1.165, 1.54) is 11.3 Å². The Kier molecular flexibility index (Phi) is 3.14. The summed E-state index contributed by atoms with van der Waals surface area (Å²) in [7, 11) is 0. The highest BCUT2D eigenvalue weighted by molar-refractivity contribution is 7.13.